The van der Waals surface area contributed by atoms with E-state index in [1.807, 2.05) is 84.6 Å². The number of para-hydroxylation sites is 1. The summed E-state index contributed by atoms with van der Waals surface area (Å²) in [5, 5.41) is 6.97. The van der Waals surface area contributed by atoms with E-state index in [1.165, 1.54) is 0 Å². The Morgan fingerprint density at radius 3 is 2.64 bits per heavy atom. The summed E-state index contributed by atoms with van der Waals surface area (Å²) < 4.78 is 12.7. The second-order valence-electron chi connectivity index (χ2n) is 8.13. The second-order valence-corrected chi connectivity index (χ2v) is 9.43. The number of hydrogen-bond acceptors (Lipinski definition) is 4. The maximum absolute atomic E-state index is 13.8. The Balaban J connectivity index is 1.59. The van der Waals surface area contributed by atoms with Crippen LogP contribution in [0, 0.1) is 5.92 Å². The molecule has 0 unspecified atom stereocenters. The van der Waals surface area contributed by atoms with E-state index in [4.69, 9.17) is 21.7 Å². The quantitative estimate of drug-likeness (QED) is 0.455. The highest BCUT2D eigenvalue weighted by Gasteiger charge is 2.59. The van der Waals surface area contributed by atoms with Gasteiger partial charge in [-0.05, 0) is 67.7 Å². The highest BCUT2D eigenvalue weighted by atomic mass is 79.9. The smallest absolute Gasteiger partial charge is 0.236 e. The summed E-state index contributed by atoms with van der Waals surface area (Å²) in [6.45, 7) is 1.92. The fourth-order valence-electron chi connectivity index (χ4n) is 4.63. The Bertz CT molecular complexity index is 1240. The van der Waals surface area contributed by atoms with Crippen molar-refractivity contribution in [1.29, 1.82) is 0 Å². The van der Waals surface area contributed by atoms with Crippen molar-refractivity contribution in [1.82, 2.24) is 5.32 Å². The van der Waals surface area contributed by atoms with Gasteiger partial charge < -0.3 is 20.1 Å². The molecular weight excluding hydrogens is 502 g/mol. The minimum atomic E-state index is -1.06. The molecule has 2 N–H and O–H groups in total. The molecule has 0 aliphatic carbocycles. The molecule has 8 heteroatoms. The Morgan fingerprint density at radius 1 is 1.15 bits per heavy atom. The number of benzene rings is 3. The van der Waals surface area contributed by atoms with Crippen LogP contribution < -0.4 is 25.0 Å². The summed E-state index contributed by atoms with van der Waals surface area (Å²) in [5.74, 6) is 0.686. The van der Waals surface area contributed by atoms with Gasteiger partial charge in [-0.25, -0.2) is 0 Å². The normalized spacial score (nSPS) is 23.1. The van der Waals surface area contributed by atoms with Crippen LogP contribution in [-0.4, -0.2) is 23.9 Å². The fraction of sp³-hybridized carbons (Fsp3) is 0.200. The number of halogens is 1. The van der Waals surface area contributed by atoms with Gasteiger partial charge in [0.15, 0.2) is 10.8 Å². The fourth-order valence-corrected chi connectivity index (χ4v) is 5.43. The van der Waals surface area contributed by atoms with Crippen molar-refractivity contribution in [2.75, 3.05) is 17.3 Å². The van der Waals surface area contributed by atoms with Gasteiger partial charge in [-0.2, -0.15) is 0 Å². The van der Waals surface area contributed by atoms with Crippen LogP contribution in [0.5, 0.6) is 11.5 Å². The number of nitrogens with one attached hydrogen (secondary N) is 2. The number of rotatable bonds is 4. The number of amides is 1. The van der Waals surface area contributed by atoms with E-state index in [9.17, 15) is 4.79 Å². The summed E-state index contributed by atoms with van der Waals surface area (Å²) in [6.07, 6.45) is 0. The molecule has 168 valence electrons. The van der Waals surface area contributed by atoms with E-state index in [0.717, 1.165) is 27.2 Å². The van der Waals surface area contributed by atoms with E-state index < -0.39 is 11.6 Å². The Kier molecular flexibility index (Phi) is 5.50. The van der Waals surface area contributed by atoms with Gasteiger partial charge in [-0.3, -0.25) is 9.69 Å². The third kappa shape index (κ3) is 3.73. The van der Waals surface area contributed by atoms with Gasteiger partial charge in [0, 0.05) is 21.4 Å². The van der Waals surface area contributed by atoms with Gasteiger partial charge in [0.05, 0.1) is 13.2 Å². The molecule has 2 aliphatic heterocycles. The van der Waals surface area contributed by atoms with Gasteiger partial charge in [-0.15, -0.1) is 0 Å². The van der Waals surface area contributed by atoms with Crippen molar-refractivity contribution in [2.24, 2.45) is 5.92 Å². The maximum Gasteiger partial charge on any atom is 0.236 e. The van der Waals surface area contributed by atoms with Crippen LogP contribution >= 0.6 is 28.1 Å². The molecule has 3 atom stereocenters. The predicted octanol–water partition coefficient (Wildman–Crippen LogP) is 5.26. The van der Waals surface area contributed by atoms with Gasteiger partial charge in [-0.1, -0.05) is 40.2 Å². The van der Waals surface area contributed by atoms with Gasteiger partial charge in [0.2, 0.25) is 5.91 Å². The van der Waals surface area contributed by atoms with Crippen molar-refractivity contribution >= 4 is 50.5 Å². The van der Waals surface area contributed by atoms with Crippen molar-refractivity contribution in [2.45, 2.75) is 18.7 Å². The highest BCUT2D eigenvalue weighted by molar-refractivity contribution is 9.10. The molecule has 3 aromatic rings. The Morgan fingerprint density at radius 2 is 1.91 bits per heavy atom. The van der Waals surface area contributed by atoms with Crippen LogP contribution in [0.4, 0.5) is 11.4 Å². The molecule has 0 aromatic heterocycles. The molecule has 33 heavy (non-hydrogen) atoms. The average Bonchev–Trinajstić information content (AvgIpc) is 2.79. The lowest BCUT2D eigenvalue weighted by atomic mass is 9.78. The van der Waals surface area contributed by atoms with Crippen LogP contribution in [-0.2, 0) is 4.79 Å². The number of carbonyl (C=O) groups excluding carboxylic acids is 1. The van der Waals surface area contributed by atoms with Gasteiger partial charge in [0.25, 0.3) is 0 Å². The first-order valence-electron chi connectivity index (χ1n) is 10.5. The molecule has 1 saturated heterocycles. The number of fused-ring (bicyclic) bond motifs is 4. The van der Waals surface area contributed by atoms with Crippen LogP contribution in [0.15, 0.2) is 77.3 Å². The minimum absolute atomic E-state index is 0.169. The standard InChI is InChI=1S/C25H22BrN3O3S/c1-25-21(23(30)27-16-10-12-18(31-2)13-11-16)22(19-8-3-4-9-20(19)32-25)28-24(33)29(25)17-7-5-6-15(26)14-17/h3-14,21-22H,1-2H3,(H,27,30)(H,28,33)/t21-,22-,25-/m0/s1. The van der Waals surface area contributed by atoms with Crippen LogP contribution in [0.3, 0.4) is 0 Å². The Hall–Kier alpha value is -3.10. The van der Waals surface area contributed by atoms with E-state index in [0.29, 0.717) is 10.8 Å². The van der Waals surface area contributed by atoms with E-state index >= 15 is 0 Å². The molecule has 5 rings (SSSR count). The third-order valence-electron chi connectivity index (χ3n) is 6.11. The van der Waals surface area contributed by atoms with Crippen LogP contribution in [0.25, 0.3) is 0 Å². The largest absolute Gasteiger partial charge is 0.497 e. The topological polar surface area (TPSA) is 62.8 Å². The first-order chi connectivity index (χ1) is 15.9. The average molecular weight is 524 g/mol. The summed E-state index contributed by atoms with van der Waals surface area (Å²) in [4.78, 5) is 15.6. The number of carbonyl (C=O) groups is 1. The lowest BCUT2D eigenvalue weighted by molar-refractivity contribution is -0.130. The summed E-state index contributed by atoms with van der Waals surface area (Å²) in [5.41, 5.74) is 1.35. The predicted molar refractivity (Wildman–Crippen MR) is 136 cm³/mol. The number of ether oxygens (including phenoxy) is 2. The number of methoxy groups -OCH3 is 1. The molecule has 3 aromatic carbocycles. The SMILES string of the molecule is COc1ccc(NC(=O)[C@@H]2[C@H]3NC(=S)N(c4cccc(Br)c4)[C@@]2(C)Oc2ccccc23)cc1. The maximum atomic E-state index is 13.8. The van der Waals surface area contributed by atoms with Gasteiger partial charge >= 0.3 is 0 Å². The highest BCUT2D eigenvalue weighted by Crippen LogP contribution is 2.49. The second kappa shape index (κ2) is 8.35. The molecule has 0 radical (unpaired) electrons. The first kappa shape index (κ1) is 21.7. The zero-order chi connectivity index (χ0) is 23.2. The monoisotopic (exact) mass is 523 g/mol. The zero-order valence-electron chi connectivity index (χ0n) is 18.0. The number of hydrogen-bond donors (Lipinski definition) is 2. The lowest BCUT2D eigenvalue weighted by Crippen LogP contribution is -2.72. The number of nitrogens with zero attached hydrogens (tertiary/aromatic N) is 1. The molecule has 2 aliphatic rings. The number of thiocarbonyl (C=S) groups is 1. The first-order valence-corrected chi connectivity index (χ1v) is 11.7. The molecular formula is C25H22BrN3O3S. The van der Waals surface area contributed by atoms with E-state index in [-0.39, 0.29) is 11.9 Å². The van der Waals surface area contributed by atoms with Crippen molar-refractivity contribution < 1.29 is 14.3 Å². The summed E-state index contributed by atoms with van der Waals surface area (Å²) in [6, 6.07) is 22.5. The molecule has 2 heterocycles. The zero-order valence-corrected chi connectivity index (χ0v) is 20.4. The van der Waals surface area contributed by atoms with E-state index in [2.05, 4.69) is 26.6 Å². The van der Waals surface area contributed by atoms with Crippen LogP contribution in [0.1, 0.15) is 18.5 Å². The lowest BCUT2D eigenvalue weighted by Gasteiger charge is -2.56. The van der Waals surface area contributed by atoms with Crippen molar-refractivity contribution in [3.8, 4) is 11.5 Å². The third-order valence-corrected chi connectivity index (χ3v) is 6.91. The minimum Gasteiger partial charge on any atom is -0.497 e. The van der Waals surface area contributed by atoms with Crippen molar-refractivity contribution in [3.63, 3.8) is 0 Å². The molecule has 0 spiro atoms. The van der Waals surface area contributed by atoms with E-state index in [1.54, 1.807) is 7.11 Å². The molecule has 6 nitrogen and oxygen atoms in total. The van der Waals surface area contributed by atoms with Crippen molar-refractivity contribution in [3.05, 3.63) is 82.8 Å². The van der Waals surface area contributed by atoms with Crippen LogP contribution in [0.2, 0.25) is 0 Å². The van der Waals surface area contributed by atoms with Gasteiger partial charge in [0.1, 0.15) is 17.4 Å². The molecule has 0 saturated carbocycles. The summed E-state index contributed by atoms with van der Waals surface area (Å²) >= 11 is 9.32. The molecule has 2 bridgehead atoms. The molecule has 1 amide bonds. The number of anilines is 2. The summed E-state index contributed by atoms with van der Waals surface area (Å²) in [7, 11) is 1.61. The molecule has 1 fully saturated rings. The Labute approximate surface area is 206 Å².